The molecule has 2 aromatic carbocycles. The van der Waals surface area contributed by atoms with Crippen LogP contribution >= 0.6 is 31.9 Å². The first kappa shape index (κ1) is 25.9. The molecule has 192 valence electrons. The molecule has 0 aromatic heterocycles. The second-order valence-corrected chi connectivity index (χ2v) is 11.3. The molecule has 0 bridgehead atoms. The van der Waals surface area contributed by atoms with Crippen LogP contribution in [-0.2, 0) is 16.2 Å². The van der Waals surface area contributed by atoms with Crippen LogP contribution in [0, 0.1) is 0 Å². The number of carbonyl (C=O) groups is 3. The van der Waals surface area contributed by atoms with E-state index in [0.29, 0.717) is 27.5 Å². The molecular formula is C29H27Br2NO5. The van der Waals surface area contributed by atoms with E-state index in [2.05, 4.69) is 43.7 Å². The van der Waals surface area contributed by atoms with Gasteiger partial charge in [-0.2, -0.15) is 0 Å². The van der Waals surface area contributed by atoms with Crippen LogP contribution in [0.5, 0.6) is 5.75 Å². The zero-order valence-corrected chi connectivity index (χ0v) is 23.7. The largest absolute Gasteiger partial charge is 0.487 e. The molecule has 2 aliphatic carbocycles. The second-order valence-electron chi connectivity index (χ2n) is 9.56. The fourth-order valence-corrected chi connectivity index (χ4v) is 7.17. The van der Waals surface area contributed by atoms with E-state index in [1.165, 1.54) is 0 Å². The van der Waals surface area contributed by atoms with Crippen LogP contribution in [0.3, 0.4) is 0 Å². The number of Topliss-reactive ketones (excluding diaryl/α,β-unsaturated/α-hetero) is 2. The van der Waals surface area contributed by atoms with Gasteiger partial charge in [-0.05, 0) is 99.9 Å². The standard InChI is InChI=1S/C29H27Br2NO5/c1-2-32-21-5-3-7-23(33)26(21)25(27-22(32)6-4-8-24(27)34)18-13-19(30)28(20(31)14-18)37-15-16-9-11-17(12-10-16)29(35)36/h9-14,25H,2-8,15H2,1H3,(H,35,36). The van der Waals surface area contributed by atoms with Gasteiger partial charge in [0.25, 0.3) is 0 Å². The third-order valence-electron chi connectivity index (χ3n) is 7.34. The highest BCUT2D eigenvalue weighted by atomic mass is 79.9. The Labute approximate surface area is 232 Å². The maximum Gasteiger partial charge on any atom is 0.335 e. The van der Waals surface area contributed by atoms with Crippen molar-refractivity contribution in [3.63, 3.8) is 0 Å². The Hall–Kier alpha value is -2.71. The minimum absolute atomic E-state index is 0.131. The van der Waals surface area contributed by atoms with Crippen LogP contribution in [0.15, 0.2) is 67.9 Å². The Morgan fingerprint density at radius 1 is 0.946 bits per heavy atom. The molecule has 0 saturated carbocycles. The molecule has 5 rings (SSSR count). The van der Waals surface area contributed by atoms with Crippen molar-refractivity contribution >= 4 is 49.4 Å². The normalized spacial score (nSPS) is 18.2. The van der Waals surface area contributed by atoms with E-state index < -0.39 is 5.97 Å². The smallest absolute Gasteiger partial charge is 0.335 e. The van der Waals surface area contributed by atoms with Crippen molar-refractivity contribution < 1.29 is 24.2 Å². The van der Waals surface area contributed by atoms with Gasteiger partial charge >= 0.3 is 5.97 Å². The molecule has 0 fully saturated rings. The third-order valence-corrected chi connectivity index (χ3v) is 8.52. The molecule has 1 N–H and O–H groups in total. The fourth-order valence-electron chi connectivity index (χ4n) is 5.71. The Kier molecular flexibility index (Phi) is 7.41. The zero-order chi connectivity index (χ0) is 26.3. The highest BCUT2D eigenvalue weighted by molar-refractivity contribution is 9.11. The van der Waals surface area contributed by atoms with Gasteiger partial charge in [-0.25, -0.2) is 4.79 Å². The number of hydrogen-bond donors (Lipinski definition) is 1. The fraction of sp³-hybridized carbons (Fsp3) is 0.345. The van der Waals surface area contributed by atoms with E-state index in [4.69, 9.17) is 9.84 Å². The number of hydrogen-bond acceptors (Lipinski definition) is 5. The van der Waals surface area contributed by atoms with Crippen molar-refractivity contribution in [2.24, 2.45) is 0 Å². The highest BCUT2D eigenvalue weighted by Gasteiger charge is 2.43. The van der Waals surface area contributed by atoms with E-state index in [9.17, 15) is 14.4 Å². The van der Waals surface area contributed by atoms with Crippen molar-refractivity contribution in [1.29, 1.82) is 0 Å². The molecule has 0 unspecified atom stereocenters. The first-order chi connectivity index (χ1) is 17.8. The van der Waals surface area contributed by atoms with Gasteiger partial charge in [0.15, 0.2) is 11.6 Å². The lowest BCUT2D eigenvalue weighted by atomic mass is 9.71. The number of aromatic carboxylic acids is 1. The number of nitrogens with zero attached hydrogens (tertiary/aromatic N) is 1. The van der Waals surface area contributed by atoms with Crippen LogP contribution in [0.4, 0.5) is 0 Å². The summed E-state index contributed by atoms with van der Waals surface area (Å²) in [5, 5.41) is 9.10. The molecule has 1 aliphatic heterocycles. The Bertz CT molecular complexity index is 1290. The minimum Gasteiger partial charge on any atom is -0.487 e. The van der Waals surface area contributed by atoms with Gasteiger partial charge < -0.3 is 14.7 Å². The Morgan fingerprint density at radius 3 is 1.97 bits per heavy atom. The highest BCUT2D eigenvalue weighted by Crippen LogP contribution is 2.50. The van der Waals surface area contributed by atoms with Crippen molar-refractivity contribution in [3.05, 3.63) is 84.6 Å². The first-order valence-corrected chi connectivity index (χ1v) is 14.1. The van der Waals surface area contributed by atoms with Gasteiger partial charge in [0, 0.05) is 47.8 Å². The number of ketones is 2. The summed E-state index contributed by atoms with van der Waals surface area (Å²) < 4.78 is 7.51. The number of ether oxygens (including phenoxy) is 1. The molecule has 3 aliphatic rings. The van der Waals surface area contributed by atoms with Crippen molar-refractivity contribution in [1.82, 2.24) is 4.90 Å². The molecular weight excluding hydrogens is 602 g/mol. The summed E-state index contributed by atoms with van der Waals surface area (Å²) in [6.45, 7) is 3.09. The van der Waals surface area contributed by atoms with Gasteiger partial charge in [-0.15, -0.1) is 0 Å². The SMILES string of the molecule is CCN1C2=C(C(=O)CCC2)C(c2cc(Br)c(OCc3ccc(C(=O)O)cc3)c(Br)c2)C2=C1CCCC2=O. The lowest BCUT2D eigenvalue weighted by Crippen LogP contribution is -2.39. The number of rotatable bonds is 6. The lowest BCUT2D eigenvalue weighted by molar-refractivity contribution is -0.117. The van der Waals surface area contributed by atoms with Gasteiger partial charge in [0.1, 0.15) is 12.4 Å². The summed E-state index contributed by atoms with van der Waals surface area (Å²) in [4.78, 5) is 40.0. The molecule has 6 nitrogen and oxygen atoms in total. The molecule has 1 heterocycles. The Morgan fingerprint density at radius 2 is 1.49 bits per heavy atom. The monoisotopic (exact) mass is 627 g/mol. The predicted octanol–water partition coefficient (Wildman–Crippen LogP) is 6.92. The quantitative estimate of drug-likeness (QED) is 0.374. The lowest BCUT2D eigenvalue weighted by Gasteiger charge is -2.43. The summed E-state index contributed by atoms with van der Waals surface area (Å²) in [5.41, 5.74) is 5.65. The number of carboxylic acid groups (broad SMARTS) is 1. The van der Waals surface area contributed by atoms with Gasteiger partial charge in [-0.3, -0.25) is 9.59 Å². The van der Waals surface area contributed by atoms with E-state index in [1.807, 2.05) is 12.1 Å². The van der Waals surface area contributed by atoms with Crippen LogP contribution in [0.2, 0.25) is 0 Å². The number of carbonyl (C=O) groups excluding carboxylic acids is 2. The molecule has 37 heavy (non-hydrogen) atoms. The molecule has 2 aromatic rings. The van der Waals surface area contributed by atoms with Crippen LogP contribution in [0.1, 0.15) is 72.9 Å². The molecule has 0 saturated heterocycles. The van der Waals surface area contributed by atoms with Crippen molar-refractivity contribution in [2.45, 2.75) is 58.0 Å². The maximum atomic E-state index is 13.3. The molecule has 8 heteroatoms. The molecule has 0 atom stereocenters. The number of benzene rings is 2. The van der Waals surface area contributed by atoms with Crippen LogP contribution in [-0.4, -0.2) is 34.1 Å². The Balaban J connectivity index is 1.52. The zero-order valence-electron chi connectivity index (χ0n) is 20.5. The topological polar surface area (TPSA) is 83.9 Å². The summed E-state index contributed by atoms with van der Waals surface area (Å²) in [6, 6.07) is 10.5. The summed E-state index contributed by atoms with van der Waals surface area (Å²) in [7, 11) is 0. The summed E-state index contributed by atoms with van der Waals surface area (Å²) >= 11 is 7.31. The molecule has 0 radical (unpaired) electrons. The van der Waals surface area contributed by atoms with E-state index in [0.717, 1.165) is 65.9 Å². The number of carboxylic acids is 1. The van der Waals surface area contributed by atoms with Crippen LogP contribution < -0.4 is 4.74 Å². The van der Waals surface area contributed by atoms with Gasteiger partial charge in [-0.1, -0.05) is 12.1 Å². The van der Waals surface area contributed by atoms with E-state index in [1.54, 1.807) is 24.3 Å². The third kappa shape index (κ3) is 4.81. The van der Waals surface area contributed by atoms with Crippen LogP contribution in [0.25, 0.3) is 0 Å². The van der Waals surface area contributed by atoms with Crippen molar-refractivity contribution in [3.8, 4) is 5.75 Å². The number of halogens is 2. The second kappa shape index (κ2) is 10.6. The van der Waals surface area contributed by atoms with E-state index in [-0.39, 0.29) is 29.7 Å². The minimum atomic E-state index is -0.970. The summed E-state index contributed by atoms with van der Waals surface area (Å²) in [5.74, 6) is -0.481. The predicted molar refractivity (Wildman–Crippen MR) is 146 cm³/mol. The summed E-state index contributed by atoms with van der Waals surface area (Å²) in [6.07, 6.45) is 4.39. The average Bonchev–Trinajstić information content (AvgIpc) is 2.87. The molecule has 0 amide bonds. The van der Waals surface area contributed by atoms with Crippen molar-refractivity contribution in [2.75, 3.05) is 6.54 Å². The maximum absolute atomic E-state index is 13.3. The number of allylic oxidation sites excluding steroid dienone is 4. The first-order valence-electron chi connectivity index (χ1n) is 12.5. The van der Waals surface area contributed by atoms with E-state index >= 15 is 0 Å². The average molecular weight is 629 g/mol. The molecule has 0 spiro atoms. The van der Waals surface area contributed by atoms with Gasteiger partial charge in [0.2, 0.25) is 0 Å². The van der Waals surface area contributed by atoms with Gasteiger partial charge in [0.05, 0.1) is 14.5 Å².